The van der Waals surface area contributed by atoms with Gasteiger partial charge in [0.1, 0.15) is 29.2 Å². The van der Waals surface area contributed by atoms with Crippen LogP contribution in [-0.4, -0.2) is 70.1 Å². The van der Waals surface area contributed by atoms with Crippen LogP contribution in [0.1, 0.15) is 258 Å². The molecule has 7 aromatic carbocycles. The fourth-order valence-electron chi connectivity index (χ4n) is 13.4. The summed E-state index contributed by atoms with van der Waals surface area (Å²) < 4.78 is 19.6. The number of hydrogen-bond donors (Lipinski definition) is 2. The average Bonchev–Trinajstić information content (AvgIpc) is 1.66. The van der Waals surface area contributed by atoms with E-state index in [2.05, 4.69) is 392 Å². The van der Waals surface area contributed by atoms with Crippen LogP contribution in [0.4, 0.5) is 0 Å². The lowest BCUT2D eigenvalue weighted by atomic mass is 9.87. The first kappa shape index (κ1) is 98.5. The topological polar surface area (TPSA) is 199 Å². The van der Waals surface area contributed by atoms with E-state index in [0.29, 0.717) is 6.67 Å². The van der Waals surface area contributed by atoms with E-state index in [1.807, 2.05) is 144 Å². The second-order valence-corrected chi connectivity index (χ2v) is 45.2. The van der Waals surface area contributed by atoms with E-state index < -0.39 is 0 Å². The molecule has 12 aromatic heterocycles. The van der Waals surface area contributed by atoms with Gasteiger partial charge in [-0.25, -0.2) is 39.4 Å². The molecule has 0 bridgehead atoms. The number of para-hydroxylation sites is 8. The second kappa shape index (κ2) is 40.1. The molecule has 19 aromatic rings. The summed E-state index contributed by atoms with van der Waals surface area (Å²) in [7, 11) is 0. The van der Waals surface area contributed by atoms with Gasteiger partial charge in [-0.05, 0) is 186 Å². The van der Waals surface area contributed by atoms with Gasteiger partial charge in [-0.2, -0.15) is 5.10 Å². The van der Waals surface area contributed by atoms with Gasteiger partial charge in [0, 0.05) is 85.8 Å². The molecule has 130 heavy (non-hydrogen) atoms. The number of H-pyrrole nitrogens is 2. The Morgan fingerprint density at radius 3 is 1.61 bits per heavy atom. The molecule has 19 heteroatoms. The fourth-order valence-corrected chi connectivity index (χ4v) is 15.1. The van der Waals surface area contributed by atoms with Crippen molar-refractivity contribution in [3.63, 3.8) is 0 Å². The number of pyridine rings is 3. The predicted octanol–water partition coefficient (Wildman–Crippen LogP) is 29.0. The van der Waals surface area contributed by atoms with Crippen molar-refractivity contribution in [2.45, 2.75) is 262 Å². The van der Waals surface area contributed by atoms with Crippen LogP contribution in [0.2, 0.25) is 0 Å². The Kier molecular flexibility index (Phi) is 30.4. The van der Waals surface area contributed by atoms with Crippen molar-refractivity contribution in [1.29, 1.82) is 0 Å². The Bertz CT molecular complexity index is 6130. The Balaban J connectivity index is 0.000000140. The first-order valence-electron chi connectivity index (χ1n) is 45.0. The Morgan fingerprint density at radius 1 is 0.385 bits per heavy atom. The smallest absolute Gasteiger partial charge is 0.200 e. The summed E-state index contributed by atoms with van der Waals surface area (Å²) in [5.74, 6) is 1.85. The number of fused-ring (bicyclic) bond motifs is 10. The number of nitrogens with zero attached hydrogens (tertiary/aromatic N) is 13. The molecule has 680 valence electrons. The van der Waals surface area contributed by atoms with Crippen LogP contribution in [0, 0.1) is 0 Å². The lowest BCUT2D eigenvalue weighted by molar-refractivity contribution is 0.408. The molecule has 0 radical (unpaired) electrons. The molecule has 0 unspecified atom stereocenters. The van der Waals surface area contributed by atoms with Gasteiger partial charge in [0.15, 0.2) is 11.2 Å². The van der Waals surface area contributed by atoms with E-state index in [1.54, 1.807) is 28.9 Å². The summed E-state index contributed by atoms with van der Waals surface area (Å²) >= 11 is 3.50. The molecule has 2 N–H and O–H groups in total. The SMILES string of the molecule is CC(C)(C)c1cc2ccccc2[nH]1.CC(C)(C)c1ccc2c(c1)=NCN=2.CC(C)(C)c1ccc2ncsc2c1.CC(C)(C)c1ccc2occc2n1.CC(C)(C)c1ccn2nccc2c1.CC(C)(C)c1cn2ccccc2n1.CC(C)(C)c1nc2ccccc2[nH]1.CC(C)(C)c1nc2ccccc2o1.CC(C)(C)c1nc2ccccc2s1.CC(C)(C)n1cnc2ccccc21. The molecule has 1 aliphatic heterocycles. The predicted molar refractivity (Wildman–Crippen MR) is 549 cm³/mol. The van der Waals surface area contributed by atoms with E-state index in [0.717, 1.165) is 94.8 Å². The molecule has 0 saturated heterocycles. The monoisotopic (exact) mass is 1780 g/mol. The van der Waals surface area contributed by atoms with Gasteiger partial charge in [0.05, 0.1) is 87.5 Å². The number of thiazole rings is 2. The van der Waals surface area contributed by atoms with Gasteiger partial charge < -0.3 is 27.8 Å². The number of aromatic amines is 2. The van der Waals surface area contributed by atoms with Crippen molar-refractivity contribution in [2.24, 2.45) is 9.98 Å². The average molecular weight is 1780 g/mol. The minimum atomic E-state index is -0.0149. The molecule has 1 aliphatic rings. The zero-order valence-corrected chi connectivity index (χ0v) is 84.1. The Hall–Kier alpha value is -12.1. The van der Waals surface area contributed by atoms with E-state index in [9.17, 15) is 0 Å². The van der Waals surface area contributed by atoms with Gasteiger partial charge >= 0.3 is 0 Å². The van der Waals surface area contributed by atoms with Crippen LogP contribution < -0.4 is 10.7 Å². The maximum atomic E-state index is 5.62. The highest BCUT2D eigenvalue weighted by molar-refractivity contribution is 7.18. The van der Waals surface area contributed by atoms with E-state index in [-0.39, 0.29) is 54.3 Å². The summed E-state index contributed by atoms with van der Waals surface area (Å²) in [5.41, 5.74) is 24.6. The van der Waals surface area contributed by atoms with Crippen LogP contribution >= 0.6 is 22.7 Å². The van der Waals surface area contributed by atoms with Gasteiger partial charge in [-0.1, -0.05) is 272 Å². The molecule has 20 rings (SSSR count). The van der Waals surface area contributed by atoms with Crippen molar-refractivity contribution in [1.82, 2.24) is 63.4 Å². The number of rotatable bonds is 0. The first-order chi connectivity index (χ1) is 60.7. The maximum Gasteiger partial charge on any atom is 0.200 e. The summed E-state index contributed by atoms with van der Waals surface area (Å²) in [6.45, 7) is 66.1. The molecule has 0 aliphatic carbocycles. The lowest BCUT2D eigenvalue weighted by Crippen LogP contribution is -2.24. The minimum Gasteiger partial charge on any atom is -0.463 e. The number of benzene rings is 7. The number of aromatic nitrogens is 13. The van der Waals surface area contributed by atoms with Crippen molar-refractivity contribution < 1.29 is 8.83 Å². The van der Waals surface area contributed by atoms with Crippen LogP contribution in [0.3, 0.4) is 0 Å². The lowest BCUT2D eigenvalue weighted by Gasteiger charge is -2.21. The normalized spacial score (nSPS) is 12.5. The minimum absolute atomic E-state index is 0.0149. The van der Waals surface area contributed by atoms with Gasteiger partial charge in [-0.15, -0.1) is 22.7 Å². The number of hydrogen-bond acceptors (Lipinski definition) is 14. The van der Waals surface area contributed by atoms with E-state index >= 15 is 0 Å². The molecule has 0 spiro atoms. The highest BCUT2D eigenvalue weighted by Crippen LogP contribution is 2.34. The highest BCUT2D eigenvalue weighted by atomic mass is 32.1. The van der Waals surface area contributed by atoms with E-state index in [4.69, 9.17) is 8.83 Å². The summed E-state index contributed by atoms with van der Waals surface area (Å²) in [6.07, 6.45) is 11.5. The molecular weight excluding hydrogens is 1640 g/mol. The molecule has 0 atom stereocenters. The number of furan rings is 1. The van der Waals surface area contributed by atoms with Crippen LogP contribution in [0.25, 0.3) is 86.8 Å². The van der Waals surface area contributed by atoms with Gasteiger partial charge in [-0.3, -0.25) is 9.98 Å². The third kappa shape index (κ3) is 26.8. The summed E-state index contributed by atoms with van der Waals surface area (Å²) in [4.78, 5) is 46.5. The van der Waals surface area contributed by atoms with Crippen molar-refractivity contribution in [2.75, 3.05) is 6.67 Å². The van der Waals surface area contributed by atoms with Gasteiger partial charge in [0.2, 0.25) is 5.89 Å². The first-order valence-corrected chi connectivity index (χ1v) is 46.7. The standard InChI is InChI=1S/C12H15N.5C11H14N2.2C11H13NO.2C11H13NS/c1-12(2,3)11-8-9-6-4-5-7-10(9)13-11;1-11(2,3)9-5-7-13-10(8-9)4-6-12-13;1-11(2,3)8-4-5-9-10(6-8)13-7-12-9;1-11(2,3)9-8-13-7-5-4-6-10(13)12-9;1-11(2,3)13-8-12-9-6-4-5-7-10(9)13;1-11(2,3)10-12-8-6-4-5-7-9(8)13-10;1-11(2,3)10-5-4-9-8(12-10)6-7-13-9;1-11(2,3)10-12-8-6-4-5-7-9(8)13-10;1-11(2,3)8-4-5-9-10(6-8)13-7-12-9;1-11(2,3)10-12-8-6-4-5-7-9(8)13-10/h4-8,13H,1-3H3;4-8H,1-3H3;4-6H,7H2,1-3H3;2*4-8H,1-3H3;4-7H,1-3H3,(H,12,13);4*4-7H,1-3H3. The number of oxazole rings is 1. The molecule has 0 saturated carbocycles. The van der Waals surface area contributed by atoms with Crippen LogP contribution in [0.15, 0.2) is 280 Å². The Labute approximate surface area is 777 Å². The molecule has 0 amide bonds. The fraction of sp³-hybridized carbons (Fsp3) is 0.369. The third-order valence-electron chi connectivity index (χ3n) is 21.5. The second-order valence-electron chi connectivity index (χ2n) is 43.3. The Morgan fingerprint density at radius 2 is 0.985 bits per heavy atom. The maximum absolute atomic E-state index is 5.62. The molecule has 13 heterocycles. The number of imidazole rings is 3. The summed E-state index contributed by atoms with van der Waals surface area (Å²) in [6, 6.07) is 74.2. The zero-order valence-electron chi connectivity index (χ0n) is 82.5. The third-order valence-corrected chi connectivity index (χ3v) is 23.7. The molecule has 0 fully saturated rings. The van der Waals surface area contributed by atoms with E-state index in [1.165, 1.54) is 53.2 Å². The van der Waals surface area contributed by atoms with Crippen molar-refractivity contribution in [3.05, 3.63) is 322 Å². The number of nitrogens with one attached hydrogen (secondary N) is 2. The quantitative estimate of drug-likeness (QED) is 0.147. The molecular formula is C111H137N15O2S2. The summed E-state index contributed by atoms with van der Waals surface area (Å²) in [5, 5.41) is 8.76. The van der Waals surface area contributed by atoms with Crippen LogP contribution in [0.5, 0.6) is 0 Å². The van der Waals surface area contributed by atoms with Crippen molar-refractivity contribution >= 4 is 109 Å². The van der Waals surface area contributed by atoms with Crippen molar-refractivity contribution in [3.8, 4) is 0 Å². The zero-order chi connectivity index (χ0) is 94.7. The largest absolute Gasteiger partial charge is 0.463 e. The highest BCUT2D eigenvalue weighted by Gasteiger charge is 2.25. The van der Waals surface area contributed by atoms with Crippen LogP contribution in [-0.2, 0) is 54.3 Å². The van der Waals surface area contributed by atoms with Gasteiger partial charge in [0.25, 0.3) is 0 Å². The molecule has 17 nitrogen and oxygen atoms in total.